The van der Waals surface area contributed by atoms with Crippen LogP contribution < -0.4 is 11.1 Å². The fourth-order valence-electron chi connectivity index (χ4n) is 0.846. The molecule has 3 N–H and O–H groups in total. The molecule has 6 nitrogen and oxygen atoms in total. The van der Waals surface area contributed by atoms with Crippen molar-refractivity contribution in [2.45, 2.75) is 45.3 Å². The highest BCUT2D eigenvalue weighted by Crippen LogP contribution is 2.06. The minimum Gasteiger partial charge on any atom is -0.444 e. The summed E-state index contributed by atoms with van der Waals surface area (Å²) in [5.41, 5.74) is 4.64. The van der Waals surface area contributed by atoms with Crippen LogP contribution >= 0.6 is 0 Å². The van der Waals surface area contributed by atoms with E-state index in [2.05, 4.69) is 0 Å². The zero-order chi connectivity index (χ0) is 12.8. The van der Waals surface area contributed by atoms with Crippen molar-refractivity contribution in [3.63, 3.8) is 0 Å². The van der Waals surface area contributed by atoms with Crippen LogP contribution in [-0.2, 0) is 14.3 Å². The maximum atomic E-state index is 11.2. The third-order valence-electron chi connectivity index (χ3n) is 1.52. The Hall–Kier alpha value is -1.43. The summed E-state index contributed by atoms with van der Waals surface area (Å²) in [5.74, 6) is -0.508. The van der Waals surface area contributed by atoms with Gasteiger partial charge >= 0.3 is 6.09 Å². The Morgan fingerprint density at radius 1 is 1.44 bits per heavy atom. The SMILES string of the molecule is CC(C)(C)OC(=O)NC(=O)CCC(N)C=O. The number of ether oxygens (including phenoxy) is 1. The number of nitrogens with two attached hydrogens (primary N) is 1. The number of rotatable bonds is 4. The molecule has 0 saturated carbocycles. The van der Waals surface area contributed by atoms with Crippen molar-refractivity contribution in [2.24, 2.45) is 5.73 Å². The minimum absolute atomic E-state index is 0.0130. The lowest BCUT2D eigenvalue weighted by Gasteiger charge is -2.19. The van der Waals surface area contributed by atoms with E-state index in [-0.39, 0.29) is 12.8 Å². The van der Waals surface area contributed by atoms with Crippen molar-refractivity contribution in [3.05, 3.63) is 0 Å². The van der Waals surface area contributed by atoms with E-state index in [0.29, 0.717) is 6.29 Å². The van der Waals surface area contributed by atoms with E-state index < -0.39 is 23.6 Å². The first-order valence-corrected chi connectivity index (χ1v) is 4.98. The molecule has 92 valence electrons. The molecule has 6 heteroatoms. The molecule has 16 heavy (non-hydrogen) atoms. The lowest BCUT2D eigenvalue weighted by molar-refractivity contribution is -0.120. The zero-order valence-corrected chi connectivity index (χ0v) is 9.78. The van der Waals surface area contributed by atoms with Crippen LogP contribution in [0.3, 0.4) is 0 Å². The van der Waals surface area contributed by atoms with Gasteiger partial charge in [-0.1, -0.05) is 0 Å². The highest BCUT2D eigenvalue weighted by atomic mass is 16.6. The second kappa shape index (κ2) is 6.22. The first-order chi connectivity index (χ1) is 7.24. The Bertz CT molecular complexity index is 270. The quantitative estimate of drug-likeness (QED) is 0.679. The number of imide groups is 1. The molecule has 0 spiro atoms. The number of aldehydes is 1. The first kappa shape index (κ1) is 14.6. The summed E-state index contributed by atoms with van der Waals surface area (Å²) in [6.45, 7) is 5.08. The van der Waals surface area contributed by atoms with Crippen LogP contribution in [-0.4, -0.2) is 29.9 Å². The summed E-state index contributed by atoms with van der Waals surface area (Å²) >= 11 is 0. The molecule has 0 aromatic rings. The van der Waals surface area contributed by atoms with E-state index >= 15 is 0 Å². The number of amides is 2. The predicted octanol–water partition coefficient (Wildman–Crippen LogP) is 0.344. The molecular formula is C10H18N2O4. The Balaban J connectivity index is 3.88. The van der Waals surface area contributed by atoms with Gasteiger partial charge in [0.2, 0.25) is 5.91 Å². The van der Waals surface area contributed by atoms with Crippen molar-refractivity contribution < 1.29 is 19.1 Å². The Morgan fingerprint density at radius 2 is 2.00 bits per heavy atom. The van der Waals surface area contributed by atoms with Crippen LogP contribution in [0.2, 0.25) is 0 Å². The summed E-state index contributed by atoms with van der Waals surface area (Å²) in [6, 6.07) is -0.676. The smallest absolute Gasteiger partial charge is 0.414 e. The monoisotopic (exact) mass is 230 g/mol. The van der Waals surface area contributed by atoms with Crippen molar-refractivity contribution in [2.75, 3.05) is 0 Å². The molecular weight excluding hydrogens is 212 g/mol. The van der Waals surface area contributed by atoms with Gasteiger partial charge in [-0.05, 0) is 27.2 Å². The van der Waals surface area contributed by atoms with Gasteiger partial charge in [0.05, 0.1) is 6.04 Å². The molecule has 0 heterocycles. The number of nitrogens with one attached hydrogen (secondary N) is 1. The summed E-state index contributed by atoms with van der Waals surface area (Å²) in [7, 11) is 0. The van der Waals surface area contributed by atoms with Crippen LogP contribution in [0.1, 0.15) is 33.6 Å². The third kappa shape index (κ3) is 7.93. The van der Waals surface area contributed by atoms with Crippen molar-refractivity contribution in [1.29, 1.82) is 0 Å². The molecule has 0 fully saturated rings. The first-order valence-electron chi connectivity index (χ1n) is 4.98. The molecule has 0 aliphatic carbocycles. The maximum Gasteiger partial charge on any atom is 0.414 e. The minimum atomic E-state index is -0.794. The van der Waals surface area contributed by atoms with Gasteiger partial charge < -0.3 is 15.3 Å². The molecule has 0 aromatic heterocycles. The fraction of sp³-hybridized carbons (Fsp3) is 0.700. The van der Waals surface area contributed by atoms with Gasteiger partial charge in [0.25, 0.3) is 0 Å². The van der Waals surface area contributed by atoms with Gasteiger partial charge in [-0.3, -0.25) is 10.1 Å². The number of alkyl carbamates (subject to hydrolysis) is 1. The molecule has 0 bridgehead atoms. The van der Waals surface area contributed by atoms with Gasteiger partial charge in [0, 0.05) is 6.42 Å². The second-order valence-electron chi connectivity index (χ2n) is 4.39. The fourth-order valence-corrected chi connectivity index (χ4v) is 0.846. The molecule has 0 rings (SSSR count). The van der Waals surface area contributed by atoms with E-state index in [4.69, 9.17) is 10.5 Å². The number of carbonyl (C=O) groups is 3. The van der Waals surface area contributed by atoms with E-state index in [1.165, 1.54) is 0 Å². The molecule has 2 amide bonds. The van der Waals surface area contributed by atoms with E-state index in [0.717, 1.165) is 0 Å². The van der Waals surface area contributed by atoms with Gasteiger partial charge in [-0.15, -0.1) is 0 Å². The molecule has 0 aliphatic rings. The summed E-state index contributed by atoms with van der Waals surface area (Å²) in [6.07, 6.45) is -0.0185. The van der Waals surface area contributed by atoms with E-state index in [1.54, 1.807) is 20.8 Å². The molecule has 1 unspecified atom stereocenters. The summed E-state index contributed by atoms with van der Waals surface area (Å²) < 4.78 is 4.87. The van der Waals surface area contributed by atoms with Crippen LogP contribution in [0.15, 0.2) is 0 Å². The number of carbonyl (C=O) groups excluding carboxylic acids is 3. The van der Waals surface area contributed by atoms with Crippen molar-refractivity contribution in [3.8, 4) is 0 Å². The second-order valence-corrected chi connectivity index (χ2v) is 4.39. The van der Waals surface area contributed by atoms with Gasteiger partial charge in [0.15, 0.2) is 0 Å². The lowest BCUT2D eigenvalue weighted by Crippen LogP contribution is -2.37. The standard InChI is InChI=1S/C10H18N2O4/c1-10(2,3)16-9(15)12-8(14)5-4-7(11)6-13/h6-7H,4-5,11H2,1-3H3,(H,12,14,15). The lowest BCUT2D eigenvalue weighted by atomic mass is 10.2. The molecule has 0 aliphatic heterocycles. The van der Waals surface area contributed by atoms with Crippen LogP contribution in [0.5, 0.6) is 0 Å². The normalized spacial score (nSPS) is 12.8. The van der Waals surface area contributed by atoms with Gasteiger partial charge in [0.1, 0.15) is 11.9 Å². The Morgan fingerprint density at radius 3 is 2.44 bits per heavy atom. The van der Waals surface area contributed by atoms with Crippen LogP contribution in [0.4, 0.5) is 4.79 Å². The predicted molar refractivity (Wildman–Crippen MR) is 57.7 cm³/mol. The zero-order valence-electron chi connectivity index (χ0n) is 9.78. The van der Waals surface area contributed by atoms with E-state index in [1.807, 2.05) is 5.32 Å². The average molecular weight is 230 g/mol. The molecule has 0 radical (unpaired) electrons. The van der Waals surface area contributed by atoms with E-state index in [9.17, 15) is 14.4 Å². The summed E-state index contributed by atoms with van der Waals surface area (Å²) in [4.78, 5) is 32.5. The van der Waals surface area contributed by atoms with Crippen molar-refractivity contribution >= 4 is 18.3 Å². The Kier molecular flexibility index (Phi) is 5.66. The number of hydrogen-bond acceptors (Lipinski definition) is 5. The highest BCUT2D eigenvalue weighted by Gasteiger charge is 2.18. The van der Waals surface area contributed by atoms with Crippen molar-refractivity contribution in [1.82, 2.24) is 5.32 Å². The summed E-state index contributed by atoms with van der Waals surface area (Å²) in [5, 5.41) is 2.04. The maximum absolute atomic E-state index is 11.2. The largest absolute Gasteiger partial charge is 0.444 e. The highest BCUT2D eigenvalue weighted by molar-refractivity contribution is 5.91. The van der Waals surface area contributed by atoms with Crippen LogP contribution in [0, 0.1) is 0 Å². The molecule has 1 atom stereocenters. The number of hydrogen-bond donors (Lipinski definition) is 2. The molecule has 0 aromatic carbocycles. The third-order valence-corrected chi connectivity index (χ3v) is 1.52. The van der Waals surface area contributed by atoms with Gasteiger partial charge in [-0.25, -0.2) is 4.79 Å². The van der Waals surface area contributed by atoms with Gasteiger partial charge in [-0.2, -0.15) is 0 Å². The van der Waals surface area contributed by atoms with Crippen LogP contribution in [0.25, 0.3) is 0 Å². The average Bonchev–Trinajstić information content (AvgIpc) is 2.10. The Labute approximate surface area is 94.5 Å². The topological polar surface area (TPSA) is 98.5 Å². The molecule has 0 saturated heterocycles.